The number of methoxy groups -OCH3 is 1. The number of primary amides is 1. The third-order valence-corrected chi connectivity index (χ3v) is 7.33. The van der Waals surface area contributed by atoms with Crippen LogP contribution in [-0.2, 0) is 14.4 Å². The number of nitrogens with one attached hydrogen (secondary N) is 2. The van der Waals surface area contributed by atoms with Crippen LogP contribution in [0.3, 0.4) is 0 Å². The van der Waals surface area contributed by atoms with Crippen LogP contribution in [-0.4, -0.2) is 47.4 Å². The smallest absolute Gasteiger partial charge is 0.251 e. The minimum Gasteiger partial charge on any atom is -0.496 e. The fourth-order valence-electron chi connectivity index (χ4n) is 5.07. The third kappa shape index (κ3) is 5.74. The number of carbonyl (C=O) groups is 4. The molecule has 1 unspecified atom stereocenters. The van der Waals surface area contributed by atoms with E-state index in [1.165, 1.54) is 7.11 Å². The molecule has 2 saturated carbocycles. The zero-order valence-electron chi connectivity index (χ0n) is 20.2. The molecule has 1 aromatic heterocycles. The molecular weight excluding hydrogens is 472 g/mol. The van der Waals surface area contributed by atoms with Crippen molar-refractivity contribution >= 4 is 34.3 Å². The van der Waals surface area contributed by atoms with Gasteiger partial charge in [-0.1, -0.05) is 12.5 Å². The summed E-state index contributed by atoms with van der Waals surface area (Å²) in [7, 11) is 1.51. The second-order valence-corrected chi connectivity index (χ2v) is 9.93. The molecule has 194 valence electrons. The summed E-state index contributed by atoms with van der Waals surface area (Å²) < 4.78 is 32.7. The maximum Gasteiger partial charge on any atom is 0.251 e. The Labute approximate surface area is 207 Å². The molecule has 0 spiro atoms. The lowest BCUT2D eigenvalue weighted by Gasteiger charge is -2.26. The number of hydrogen-bond donors (Lipinski definition) is 3. The predicted octanol–water partition coefficient (Wildman–Crippen LogP) is 3.53. The van der Waals surface area contributed by atoms with Gasteiger partial charge in [0.1, 0.15) is 17.6 Å². The Morgan fingerprint density at radius 1 is 1.25 bits per heavy atom. The van der Waals surface area contributed by atoms with Crippen LogP contribution in [0.2, 0.25) is 0 Å². The molecule has 2 fully saturated rings. The zero-order valence-corrected chi connectivity index (χ0v) is 20.2. The summed E-state index contributed by atoms with van der Waals surface area (Å²) in [5.74, 6) is -6.65. The first-order valence-electron chi connectivity index (χ1n) is 12.3. The van der Waals surface area contributed by atoms with E-state index in [9.17, 15) is 28.0 Å². The zero-order chi connectivity index (χ0) is 26.0. The van der Waals surface area contributed by atoms with Gasteiger partial charge in [-0.15, -0.1) is 0 Å². The molecule has 1 aromatic carbocycles. The fraction of sp³-hybridized carbons (Fsp3) is 0.538. The molecule has 2 aromatic rings. The van der Waals surface area contributed by atoms with E-state index >= 15 is 0 Å². The van der Waals surface area contributed by atoms with Gasteiger partial charge in [-0.05, 0) is 43.9 Å². The van der Waals surface area contributed by atoms with E-state index in [1.54, 1.807) is 24.3 Å². The van der Waals surface area contributed by atoms with Crippen molar-refractivity contribution in [3.05, 3.63) is 30.0 Å². The van der Waals surface area contributed by atoms with Gasteiger partial charge in [0, 0.05) is 47.9 Å². The highest BCUT2D eigenvalue weighted by atomic mass is 19.3. The Balaban J connectivity index is 1.49. The van der Waals surface area contributed by atoms with Crippen LogP contribution in [0.1, 0.15) is 61.9 Å². The summed E-state index contributed by atoms with van der Waals surface area (Å²) in [5, 5.41) is 3.24. The Kier molecular flexibility index (Phi) is 7.42. The van der Waals surface area contributed by atoms with Crippen molar-refractivity contribution in [1.29, 1.82) is 0 Å². The van der Waals surface area contributed by atoms with Crippen molar-refractivity contribution in [3.8, 4) is 5.75 Å². The topological polar surface area (TPSA) is 131 Å². The monoisotopic (exact) mass is 503 g/mol. The summed E-state index contributed by atoms with van der Waals surface area (Å²) in [4.78, 5) is 53.5. The van der Waals surface area contributed by atoms with Crippen LogP contribution in [0, 0.1) is 17.8 Å². The highest BCUT2D eigenvalue weighted by molar-refractivity contribution is 6.02. The van der Waals surface area contributed by atoms with Crippen molar-refractivity contribution in [2.45, 2.75) is 63.3 Å². The number of nitrogens with two attached hydrogens (primary N) is 1. The molecule has 2 aliphatic rings. The number of alkyl halides is 2. The summed E-state index contributed by atoms with van der Waals surface area (Å²) in [5.41, 5.74) is 6.39. The minimum atomic E-state index is -2.87. The van der Waals surface area contributed by atoms with E-state index in [-0.39, 0.29) is 43.1 Å². The molecule has 1 heterocycles. The van der Waals surface area contributed by atoms with Crippen LogP contribution in [0.4, 0.5) is 8.78 Å². The minimum absolute atomic E-state index is 0.0281. The van der Waals surface area contributed by atoms with Crippen LogP contribution in [0.5, 0.6) is 5.75 Å². The maximum atomic E-state index is 13.7. The first kappa shape index (κ1) is 25.8. The van der Waals surface area contributed by atoms with E-state index in [0.717, 1.165) is 12.8 Å². The van der Waals surface area contributed by atoms with Gasteiger partial charge in [-0.2, -0.15) is 0 Å². The van der Waals surface area contributed by atoms with Crippen molar-refractivity contribution in [3.63, 3.8) is 0 Å². The molecule has 0 radical (unpaired) electrons. The van der Waals surface area contributed by atoms with E-state index in [1.807, 2.05) is 0 Å². The third-order valence-electron chi connectivity index (χ3n) is 7.33. The molecule has 8 nitrogen and oxygen atoms in total. The molecule has 2 aliphatic carbocycles. The van der Waals surface area contributed by atoms with Gasteiger partial charge < -0.3 is 20.8 Å². The molecule has 0 bridgehead atoms. The lowest BCUT2D eigenvalue weighted by Crippen LogP contribution is -2.48. The number of aromatic nitrogens is 1. The first-order chi connectivity index (χ1) is 17.1. The van der Waals surface area contributed by atoms with Crippen LogP contribution < -0.4 is 15.8 Å². The number of amides is 2. The second-order valence-electron chi connectivity index (χ2n) is 9.93. The SMILES string of the molecule is COc1cccc2[nH]c(C(=O)C[C@@H](CC3CC3(F)F)C(=O)N[C@@H](C[C@@H]3CCCCC3=O)C(N)=O)cc12. The normalized spacial score (nSPS) is 22.6. The molecule has 4 rings (SSSR count). The first-order valence-corrected chi connectivity index (χ1v) is 12.3. The van der Waals surface area contributed by atoms with Gasteiger partial charge in [0.05, 0.1) is 12.8 Å². The number of halogens is 2. The summed E-state index contributed by atoms with van der Waals surface area (Å²) >= 11 is 0. The Morgan fingerprint density at radius 2 is 2.00 bits per heavy atom. The fourth-order valence-corrected chi connectivity index (χ4v) is 5.07. The summed E-state index contributed by atoms with van der Waals surface area (Å²) in [6, 6.07) is 5.78. The molecular formula is C26H31F2N3O5. The number of fused-ring (bicyclic) bond motifs is 1. The van der Waals surface area contributed by atoms with Gasteiger partial charge in [0.25, 0.3) is 5.92 Å². The number of H-pyrrole nitrogens is 1. The van der Waals surface area contributed by atoms with Crippen molar-refractivity contribution < 1.29 is 32.7 Å². The Morgan fingerprint density at radius 3 is 2.64 bits per heavy atom. The van der Waals surface area contributed by atoms with Gasteiger partial charge in [0.15, 0.2) is 5.78 Å². The predicted molar refractivity (Wildman–Crippen MR) is 128 cm³/mol. The standard InChI is InChI=1S/C26H31F2N3O5/c1-36-23-8-4-6-18-17(23)12-19(30-18)22(33)11-15(9-16-13-26(16,27)28)25(35)31-20(24(29)34)10-14-5-2-3-7-21(14)32/h4,6,8,12,14-16,20,30H,2-3,5,7,9-11,13H2,1H3,(H2,29,34)(H,31,35)/t14-,15+,16?,20-/m0/s1. The number of Topliss-reactive ketones (excluding diaryl/α,β-unsaturated/α-hetero) is 2. The number of carbonyl (C=O) groups excluding carboxylic acids is 4. The molecule has 0 saturated heterocycles. The Bertz CT molecular complexity index is 1180. The molecule has 36 heavy (non-hydrogen) atoms. The number of benzene rings is 1. The van der Waals surface area contributed by atoms with Crippen molar-refractivity contribution in [2.24, 2.45) is 23.5 Å². The van der Waals surface area contributed by atoms with E-state index < -0.39 is 41.4 Å². The van der Waals surface area contributed by atoms with E-state index in [0.29, 0.717) is 29.5 Å². The molecule has 4 N–H and O–H groups in total. The highest BCUT2D eigenvalue weighted by Crippen LogP contribution is 2.52. The maximum absolute atomic E-state index is 13.7. The van der Waals surface area contributed by atoms with Crippen molar-refractivity contribution in [2.75, 3.05) is 7.11 Å². The number of hydrogen-bond acceptors (Lipinski definition) is 5. The van der Waals surface area contributed by atoms with Crippen LogP contribution in [0.15, 0.2) is 24.3 Å². The lowest BCUT2D eigenvalue weighted by molar-refractivity contribution is -0.132. The average Bonchev–Trinajstić information content (AvgIpc) is 3.23. The average molecular weight is 504 g/mol. The largest absolute Gasteiger partial charge is 0.496 e. The van der Waals surface area contributed by atoms with Gasteiger partial charge in [-0.3, -0.25) is 19.2 Å². The summed E-state index contributed by atoms with van der Waals surface area (Å²) in [6.07, 6.45) is 1.89. The number of aromatic amines is 1. The van der Waals surface area contributed by atoms with Crippen LogP contribution in [0.25, 0.3) is 10.9 Å². The second kappa shape index (κ2) is 10.4. The highest BCUT2D eigenvalue weighted by Gasteiger charge is 2.57. The molecule has 4 atom stereocenters. The van der Waals surface area contributed by atoms with Crippen molar-refractivity contribution in [1.82, 2.24) is 10.3 Å². The van der Waals surface area contributed by atoms with Crippen LogP contribution >= 0.6 is 0 Å². The molecule has 0 aliphatic heterocycles. The molecule has 10 heteroatoms. The van der Waals surface area contributed by atoms with Gasteiger partial charge in [-0.25, -0.2) is 8.78 Å². The summed E-state index contributed by atoms with van der Waals surface area (Å²) in [6.45, 7) is 0. The number of rotatable bonds is 11. The Hall–Kier alpha value is -3.30. The van der Waals surface area contributed by atoms with E-state index in [2.05, 4.69) is 10.3 Å². The molecule has 2 amide bonds. The quantitative estimate of drug-likeness (QED) is 0.404. The number of ether oxygens (including phenoxy) is 1. The van der Waals surface area contributed by atoms with Gasteiger partial charge >= 0.3 is 0 Å². The lowest BCUT2D eigenvalue weighted by atomic mass is 9.83. The number of ketones is 2. The van der Waals surface area contributed by atoms with Gasteiger partial charge in [0.2, 0.25) is 11.8 Å². The van der Waals surface area contributed by atoms with E-state index in [4.69, 9.17) is 10.5 Å².